The summed E-state index contributed by atoms with van der Waals surface area (Å²) in [4.78, 5) is 26.7. The van der Waals surface area contributed by atoms with Crippen LogP contribution in [0.4, 0.5) is 14.6 Å². The van der Waals surface area contributed by atoms with E-state index in [1.54, 1.807) is 31.3 Å². The van der Waals surface area contributed by atoms with Gasteiger partial charge in [0.15, 0.2) is 0 Å². The molecule has 11 heteroatoms. The number of nitrogens with one attached hydrogen (secondary N) is 1. The van der Waals surface area contributed by atoms with E-state index in [4.69, 9.17) is 9.40 Å². The Morgan fingerprint density at radius 1 is 0.978 bits per heavy atom. The number of rotatable bonds is 8. The van der Waals surface area contributed by atoms with Crippen molar-refractivity contribution in [2.24, 2.45) is 0 Å². The predicted molar refractivity (Wildman–Crippen MR) is 171 cm³/mol. The first kappa shape index (κ1) is 28.4. The second kappa shape index (κ2) is 11.4. The second-order valence-corrected chi connectivity index (χ2v) is 12.7. The minimum Gasteiger partial charge on any atom is -0.421 e. The molecular formula is C35H28F2N6O2S. The van der Waals surface area contributed by atoms with Gasteiger partial charge in [0.05, 0.1) is 33.3 Å². The summed E-state index contributed by atoms with van der Waals surface area (Å²) in [5.74, 6) is 0.760. The average Bonchev–Trinajstić information content (AvgIpc) is 3.85. The van der Waals surface area contributed by atoms with Crippen molar-refractivity contribution in [2.45, 2.75) is 45.2 Å². The quantitative estimate of drug-likeness (QED) is 0.183. The van der Waals surface area contributed by atoms with E-state index in [-0.39, 0.29) is 23.6 Å². The molecule has 6 heterocycles. The number of aryl methyl sites for hydroxylation is 3. The van der Waals surface area contributed by atoms with Crippen molar-refractivity contribution >= 4 is 33.1 Å². The fourth-order valence-corrected chi connectivity index (χ4v) is 7.74. The number of fused-ring (bicyclic) bond motifs is 4. The van der Waals surface area contributed by atoms with Gasteiger partial charge in [-0.05, 0) is 78.6 Å². The molecule has 2 aliphatic rings. The number of nitrogens with zero attached hydrogens (tertiary/aromatic N) is 5. The summed E-state index contributed by atoms with van der Waals surface area (Å²) < 4.78 is 34.4. The molecule has 0 unspecified atom stereocenters. The molecule has 1 atom stereocenters. The monoisotopic (exact) mass is 634 g/mol. The molecule has 0 spiro atoms. The van der Waals surface area contributed by atoms with Crippen molar-refractivity contribution in [1.82, 2.24) is 25.1 Å². The molecule has 8 rings (SSSR count). The summed E-state index contributed by atoms with van der Waals surface area (Å²) in [6.45, 7) is 2.82. The van der Waals surface area contributed by atoms with Crippen molar-refractivity contribution in [3.05, 3.63) is 112 Å². The van der Waals surface area contributed by atoms with Gasteiger partial charge in [0.25, 0.3) is 5.91 Å². The molecule has 1 fully saturated rings. The molecule has 0 saturated carbocycles. The van der Waals surface area contributed by atoms with E-state index in [9.17, 15) is 13.6 Å². The number of anilines is 1. The number of hydrogen-bond acceptors (Lipinski definition) is 8. The van der Waals surface area contributed by atoms with E-state index < -0.39 is 0 Å². The van der Waals surface area contributed by atoms with Gasteiger partial charge in [-0.25, -0.2) is 13.8 Å². The van der Waals surface area contributed by atoms with Gasteiger partial charge in [-0.15, -0.1) is 21.5 Å². The van der Waals surface area contributed by atoms with Gasteiger partial charge in [0.1, 0.15) is 17.5 Å². The van der Waals surface area contributed by atoms with Crippen LogP contribution in [0.5, 0.6) is 0 Å². The van der Waals surface area contributed by atoms with Gasteiger partial charge < -0.3 is 14.6 Å². The van der Waals surface area contributed by atoms with Crippen LogP contribution in [0, 0.1) is 18.6 Å². The van der Waals surface area contributed by atoms with Crippen LogP contribution >= 0.6 is 11.3 Å². The maximum absolute atomic E-state index is 14.1. The molecule has 46 heavy (non-hydrogen) atoms. The number of carbonyl (C=O) groups is 1. The normalized spacial score (nSPS) is 15.5. The Morgan fingerprint density at radius 2 is 1.85 bits per heavy atom. The molecule has 4 aromatic heterocycles. The van der Waals surface area contributed by atoms with E-state index in [0.717, 1.165) is 55.9 Å². The van der Waals surface area contributed by atoms with Crippen molar-refractivity contribution in [3.63, 3.8) is 0 Å². The minimum absolute atomic E-state index is 0.0393. The van der Waals surface area contributed by atoms with E-state index in [1.807, 2.05) is 17.0 Å². The largest absolute Gasteiger partial charge is 0.421 e. The molecule has 0 bridgehead atoms. The molecule has 1 amide bonds. The Hall–Kier alpha value is -5.03. The Morgan fingerprint density at radius 3 is 2.65 bits per heavy atom. The Labute approximate surface area is 267 Å². The smallest absolute Gasteiger partial charge is 0.257 e. The van der Waals surface area contributed by atoms with Gasteiger partial charge in [-0.3, -0.25) is 9.78 Å². The van der Waals surface area contributed by atoms with Gasteiger partial charge in [0.2, 0.25) is 11.8 Å². The molecule has 6 aromatic rings. The molecule has 2 aromatic carbocycles. The third-order valence-electron chi connectivity index (χ3n) is 8.68. The van der Waals surface area contributed by atoms with Crippen LogP contribution in [-0.4, -0.2) is 37.5 Å². The number of amides is 1. The lowest BCUT2D eigenvalue weighted by Crippen LogP contribution is -2.22. The minimum atomic E-state index is -0.292. The zero-order valence-corrected chi connectivity index (χ0v) is 25.7. The fraction of sp³-hybridized carbons (Fsp3) is 0.229. The maximum Gasteiger partial charge on any atom is 0.257 e. The van der Waals surface area contributed by atoms with Crippen LogP contribution in [0.1, 0.15) is 57.6 Å². The summed E-state index contributed by atoms with van der Waals surface area (Å²) in [7, 11) is 0. The lowest BCUT2D eigenvalue weighted by Gasteiger charge is -2.16. The van der Waals surface area contributed by atoms with Crippen LogP contribution in [0.2, 0.25) is 0 Å². The first-order chi connectivity index (χ1) is 22.4. The zero-order valence-electron chi connectivity index (χ0n) is 24.9. The van der Waals surface area contributed by atoms with E-state index in [1.165, 1.54) is 35.6 Å². The highest BCUT2D eigenvalue weighted by Gasteiger charge is 2.44. The first-order valence-electron chi connectivity index (χ1n) is 15.2. The zero-order chi connectivity index (χ0) is 31.4. The van der Waals surface area contributed by atoms with E-state index in [2.05, 4.69) is 26.6 Å². The van der Waals surface area contributed by atoms with Crippen LogP contribution in [0.3, 0.4) is 0 Å². The third-order valence-corrected chi connectivity index (χ3v) is 9.85. The highest BCUT2D eigenvalue weighted by Crippen LogP contribution is 2.50. The fourth-order valence-electron chi connectivity index (χ4n) is 6.57. The summed E-state index contributed by atoms with van der Waals surface area (Å²) in [6, 6.07) is 16.9. The molecular weight excluding hydrogens is 606 g/mol. The SMILES string of the molecule is Cc1nnc(-c2c(CCc3ccc(F)cc3)nc3c(c2-c2cc4ccnc(NCc5cccc(F)c5)c4s2)C(=O)N2CCC[C@@H]32)o1. The molecule has 0 aliphatic carbocycles. The summed E-state index contributed by atoms with van der Waals surface area (Å²) in [5.41, 5.74) is 5.26. The molecule has 0 radical (unpaired) electrons. The molecule has 8 nitrogen and oxygen atoms in total. The maximum atomic E-state index is 14.1. The Kier molecular flexibility index (Phi) is 7.05. The second-order valence-electron chi connectivity index (χ2n) is 11.7. The Balaban J connectivity index is 1.29. The predicted octanol–water partition coefficient (Wildman–Crippen LogP) is 7.68. The summed E-state index contributed by atoms with van der Waals surface area (Å²) >= 11 is 1.52. The molecule has 1 N–H and O–H groups in total. The van der Waals surface area contributed by atoms with Gasteiger partial charge in [0, 0.05) is 36.7 Å². The van der Waals surface area contributed by atoms with Crippen LogP contribution in [0.15, 0.2) is 71.3 Å². The van der Waals surface area contributed by atoms with E-state index >= 15 is 0 Å². The number of halogens is 2. The number of thiophene rings is 1. The highest BCUT2D eigenvalue weighted by atomic mass is 32.1. The molecule has 230 valence electrons. The summed E-state index contributed by atoms with van der Waals surface area (Å²) in [5, 5.41) is 12.9. The third kappa shape index (κ3) is 5.00. The van der Waals surface area contributed by atoms with Gasteiger partial charge in [-0.1, -0.05) is 24.3 Å². The number of carbonyl (C=O) groups excluding carboxylic acids is 1. The van der Waals surface area contributed by atoms with Crippen molar-refractivity contribution < 1.29 is 18.0 Å². The van der Waals surface area contributed by atoms with Gasteiger partial charge >= 0.3 is 0 Å². The summed E-state index contributed by atoms with van der Waals surface area (Å²) in [6.07, 6.45) is 4.65. The number of pyridine rings is 2. The number of aromatic nitrogens is 4. The van der Waals surface area contributed by atoms with Crippen molar-refractivity contribution in [3.8, 4) is 21.9 Å². The average molecular weight is 635 g/mol. The lowest BCUT2D eigenvalue weighted by molar-refractivity contribution is 0.0776. The van der Waals surface area contributed by atoms with Gasteiger partial charge in [-0.2, -0.15) is 0 Å². The number of benzene rings is 2. The lowest BCUT2D eigenvalue weighted by atomic mass is 9.93. The van der Waals surface area contributed by atoms with Crippen molar-refractivity contribution in [1.29, 1.82) is 0 Å². The number of hydrogen-bond donors (Lipinski definition) is 1. The van der Waals surface area contributed by atoms with Crippen molar-refractivity contribution in [2.75, 3.05) is 11.9 Å². The topological polar surface area (TPSA) is 97.0 Å². The highest BCUT2D eigenvalue weighted by molar-refractivity contribution is 7.23. The molecule has 1 saturated heterocycles. The first-order valence-corrected chi connectivity index (χ1v) is 16.0. The van der Waals surface area contributed by atoms with Crippen LogP contribution < -0.4 is 5.32 Å². The van der Waals surface area contributed by atoms with Crippen LogP contribution in [-0.2, 0) is 19.4 Å². The Bertz CT molecular complexity index is 2130. The standard InChI is InChI=1S/C35H28F2N6O2S/c1-19-41-42-34(45-19)28-25(12-9-20-7-10-23(36)11-8-20)40-31-26-6-3-15-43(26)35(44)30(31)29(28)27-17-22-13-14-38-33(32(22)46-27)39-18-21-4-2-5-24(37)16-21/h2,4-5,7-8,10-11,13-14,16-17,26H,3,6,9,12,15,18H2,1H3,(H,38,39)/t26-/m0/s1. The van der Waals surface area contributed by atoms with Crippen LogP contribution in [0.25, 0.3) is 32.0 Å². The van der Waals surface area contributed by atoms with E-state index in [0.29, 0.717) is 54.7 Å². The molecule has 2 aliphatic heterocycles.